The van der Waals surface area contributed by atoms with Gasteiger partial charge in [-0.2, -0.15) is 5.10 Å². The molecule has 0 atom stereocenters. The molecule has 0 aliphatic heterocycles. The van der Waals surface area contributed by atoms with Crippen LogP contribution in [0, 0.1) is 0 Å². The third kappa shape index (κ3) is 3.92. The minimum Gasteiger partial charge on any atom is -0.316 e. The Hall–Kier alpha value is -1.19. The second kappa shape index (κ2) is 6.71. The smallest absolute Gasteiger partial charge is 0.242 e. The summed E-state index contributed by atoms with van der Waals surface area (Å²) in [5, 5.41) is 9.54. The van der Waals surface area contributed by atoms with E-state index in [1.807, 2.05) is 0 Å². The largest absolute Gasteiger partial charge is 0.316 e. The quantitative estimate of drug-likeness (QED) is 0.729. The number of sulfonamides is 1. The molecule has 0 aliphatic rings. The fourth-order valence-corrected chi connectivity index (χ4v) is 3.61. The lowest BCUT2D eigenvalue weighted by molar-refractivity contribution is 0.579. The van der Waals surface area contributed by atoms with Crippen LogP contribution in [0.4, 0.5) is 0 Å². The highest BCUT2D eigenvalue weighted by Gasteiger charge is 2.21. The summed E-state index contributed by atoms with van der Waals surface area (Å²) in [6.45, 7) is 0.385. The van der Waals surface area contributed by atoms with Crippen LogP contribution < -0.4 is 10.0 Å². The van der Waals surface area contributed by atoms with Gasteiger partial charge < -0.3 is 5.32 Å². The monoisotopic (exact) mass is 349 g/mol. The highest BCUT2D eigenvalue weighted by Crippen LogP contribution is 2.29. The number of hydrogen-bond donors (Lipinski definition) is 3. The van der Waals surface area contributed by atoms with Gasteiger partial charge >= 0.3 is 0 Å². The van der Waals surface area contributed by atoms with Crippen molar-refractivity contribution in [2.75, 3.05) is 7.05 Å². The molecule has 21 heavy (non-hydrogen) atoms. The lowest BCUT2D eigenvalue weighted by Gasteiger charge is -2.11. The summed E-state index contributed by atoms with van der Waals surface area (Å²) in [5.41, 5.74) is 0.603. The zero-order valence-corrected chi connectivity index (χ0v) is 13.3. The molecular weight excluding hydrogens is 337 g/mol. The summed E-state index contributed by atoms with van der Waals surface area (Å²) >= 11 is 12.1. The van der Waals surface area contributed by atoms with E-state index >= 15 is 0 Å². The van der Waals surface area contributed by atoms with Crippen molar-refractivity contribution in [3.8, 4) is 0 Å². The molecule has 0 radical (unpaired) electrons. The molecule has 114 valence electrons. The molecule has 2 aromatic rings. The molecule has 0 saturated carbocycles. The zero-order chi connectivity index (χ0) is 15.5. The lowest BCUT2D eigenvalue weighted by Crippen LogP contribution is -2.24. The van der Waals surface area contributed by atoms with Gasteiger partial charge in [-0.1, -0.05) is 23.2 Å². The van der Waals surface area contributed by atoms with E-state index in [4.69, 9.17) is 23.2 Å². The molecule has 0 unspecified atom stereocenters. The summed E-state index contributed by atoms with van der Waals surface area (Å²) in [6.07, 6.45) is 1.29. The van der Waals surface area contributed by atoms with Crippen molar-refractivity contribution in [2.45, 2.75) is 18.0 Å². The van der Waals surface area contributed by atoms with Gasteiger partial charge in [0, 0.05) is 11.6 Å². The minimum atomic E-state index is -3.81. The first kappa shape index (κ1) is 16.2. The summed E-state index contributed by atoms with van der Waals surface area (Å²) in [5.74, 6) is 0.396. The molecule has 1 aromatic heterocycles. The number of rotatable bonds is 6. The van der Waals surface area contributed by atoms with Gasteiger partial charge in [0.05, 0.1) is 11.6 Å². The van der Waals surface area contributed by atoms with Crippen LogP contribution in [-0.2, 0) is 23.1 Å². The van der Waals surface area contributed by atoms with Crippen molar-refractivity contribution in [1.29, 1.82) is 0 Å². The normalized spacial score (nSPS) is 11.8. The Morgan fingerprint density at radius 3 is 2.67 bits per heavy atom. The molecule has 0 bridgehead atoms. The molecule has 1 aromatic carbocycles. The standard InChI is InChI=1S/C11H13Cl2N5O2S/c1-14-4-7-2-8(12)3-9(11(7)13)21(19,20)17-5-10-15-6-16-18-10/h2-3,6,14,17H,4-5H2,1H3,(H,15,16,18). The Kier molecular flexibility index (Phi) is 5.17. The van der Waals surface area contributed by atoms with E-state index in [0.717, 1.165) is 0 Å². The van der Waals surface area contributed by atoms with Crippen LogP contribution in [0.1, 0.15) is 11.4 Å². The number of aromatic amines is 1. The number of H-pyrrole nitrogens is 1. The van der Waals surface area contributed by atoms with Crippen LogP contribution in [0.2, 0.25) is 10.0 Å². The van der Waals surface area contributed by atoms with Crippen LogP contribution >= 0.6 is 23.2 Å². The van der Waals surface area contributed by atoms with Gasteiger partial charge in [-0.25, -0.2) is 18.1 Å². The maximum Gasteiger partial charge on any atom is 0.242 e. The van der Waals surface area contributed by atoms with E-state index in [1.165, 1.54) is 12.4 Å². The zero-order valence-electron chi connectivity index (χ0n) is 11.0. The first-order chi connectivity index (χ1) is 9.94. The summed E-state index contributed by atoms with van der Waals surface area (Å²) < 4.78 is 27.0. The van der Waals surface area contributed by atoms with Crippen LogP contribution in [-0.4, -0.2) is 30.6 Å². The van der Waals surface area contributed by atoms with E-state index < -0.39 is 10.0 Å². The first-order valence-electron chi connectivity index (χ1n) is 5.90. The van der Waals surface area contributed by atoms with Gasteiger partial charge in [0.1, 0.15) is 17.0 Å². The molecule has 0 saturated heterocycles. The summed E-state index contributed by atoms with van der Waals surface area (Å²) in [4.78, 5) is 3.77. The van der Waals surface area contributed by atoms with Crippen molar-refractivity contribution in [1.82, 2.24) is 25.2 Å². The Balaban J connectivity index is 2.30. The average molecular weight is 350 g/mol. The number of aromatic nitrogens is 3. The van der Waals surface area contributed by atoms with Crippen LogP contribution in [0.15, 0.2) is 23.4 Å². The van der Waals surface area contributed by atoms with Gasteiger partial charge in [0.2, 0.25) is 10.0 Å². The highest BCUT2D eigenvalue weighted by atomic mass is 35.5. The van der Waals surface area contributed by atoms with Crippen molar-refractivity contribution < 1.29 is 8.42 Å². The topological polar surface area (TPSA) is 99.8 Å². The van der Waals surface area contributed by atoms with E-state index in [2.05, 4.69) is 25.2 Å². The van der Waals surface area contributed by atoms with E-state index in [-0.39, 0.29) is 16.5 Å². The van der Waals surface area contributed by atoms with Gasteiger partial charge in [0.15, 0.2) is 0 Å². The van der Waals surface area contributed by atoms with Gasteiger partial charge in [-0.3, -0.25) is 5.10 Å². The molecule has 0 amide bonds. The van der Waals surface area contributed by atoms with Crippen LogP contribution in [0.3, 0.4) is 0 Å². The van der Waals surface area contributed by atoms with Gasteiger partial charge in [0.25, 0.3) is 0 Å². The predicted molar refractivity (Wildman–Crippen MR) is 79.6 cm³/mol. The number of nitrogens with zero attached hydrogens (tertiary/aromatic N) is 2. The van der Waals surface area contributed by atoms with Crippen molar-refractivity contribution in [2.24, 2.45) is 0 Å². The molecule has 0 aliphatic carbocycles. The molecule has 10 heteroatoms. The Bertz CT molecular complexity index is 718. The third-order valence-corrected chi connectivity index (χ3v) is 4.83. The number of halogens is 2. The predicted octanol–water partition coefficient (Wildman–Crippen LogP) is 1.31. The van der Waals surface area contributed by atoms with Crippen LogP contribution in [0.25, 0.3) is 0 Å². The van der Waals surface area contributed by atoms with Crippen LogP contribution in [0.5, 0.6) is 0 Å². The Labute approximate surface area is 132 Å². The van der Waals surface area contributed by atoms with Crippen molar-refractivity contribution in [3.05, 3.63) is 39.9 Å². The molecule has 0 fully saturated rings. The first-order valence-corrected chi connectivity index (χ1v) is 8.14. The fraction of sp³-hybridized carbons (Fsp3) is 0.273. The summed E-state index contributed by atoms with van der Waals surface area (Å²) in [7, 11) is -2.08. The SMILES string of the molecule is CNCc1cc(Cl)cc(S(=O)(=O)NCc2ncn[nH]2)c1Cl. The van der Waals surface area contributed by atoms with Crippen molar-refractivity contribution >= 4 is 33.2 Å². The van der Waals surface area contributed by atoms with Gasteiger partial charge in [-0.15, -0.1) is 0 Å². The maximum atomic E-state index is 12.3. The average Bonchev–Trinajstić information content (AvgIpc) is 2.94. The molecule has 3 N–H and O–H groups in total. The lowest BCUT2D eigenvalue weighted by atomic mass is 10.2. The molecule has 7 nitrogen and oxygen atoms in total. The molecule has 2 rings (SSSR count). The fourth-order valence-electron chi connectivity index (χ4n) is 1.69. The summed E-state index contributed by atoms with van der Waals surface area (Å²) in [6, 6.07) is 2.93. The molecular formula is C11H13Cl2N5O2S. The second-order valence-corrected chi connectivity index (χ2v) is 6.71. The van der Waals surface area contributed by atoms with E-state index in [9.17, 15) is 8.42 Å². The maximum absolute atomic E-state index is 12.3. The highest BCUT2D eigenvalue weighted by molar-refractivity contribution is 7.89. The molecule has 1 heterocycles. The Morgan fingerprint density at radius 2 is 2.05 bits per heavy atom. The van der Waals surface area contributed by atoms with E-state index in [0.29, 0.717) is 23.0 Å². The van der Waals surface area contributed by atoms with E-state index in [1.54, 1.807) is 13.1 Å². The third-order valence-electron chi connectivity index (χ3n) is 2.63. The number of hydrogen-bond acceptors (Lipinski definition) is 5. The molecule has 0 spiro atoms. The minimum absolute atomic E-state index is 0.0213. The van der Waals surface area contributed by atoms with Gasteiger partial charge in [-0.05, 0) is 24.7 Å². The second-order valence-electron chi connectivity index (χ2n) is 4.16. The number of nitrogens with one attached hydrogen (secondary N) is 3. The Morgan fingerprint density at radius 1 is 1.29 bits per heavy atom. The number of benzene rings is 1. The van der Waals surface area contributed by atoms with Crippen molar-refractivity contribution in [3.63, 3.8) is 0 Å².